The Bertz CT molecular complexity index is 404. The predicted octanol–water partition coefficient (Wildman–Crippen LogP) is 0.912. The lowest BCUT2D eigenvalue weighted by Crippen LogP contribution is -2.48. The topological polar surface area (TPSA) is 69.6 Å². The first-order chi connectivity index (χ1) is 10.2. The number of hydrogen-bond donors (Lipinski definition) is 2. The predicted molar refractivity (Wildman–Crippen MR) is 78.4 cm³/mol. The largest absolute Gasteiger partial charge is 0.396 e. The molecular formula is C16H26N2O3. The van der Waals surface area contributed by atoms with Crippen LogP contribution in [0.2, 0.25) is 0 Å². The van der Waals surface area contributed by atoms with Gasteiger partial charge in [-0.15, -0.1) is 0 Å². The van der Waals surface area contributed by atoms with Gasteiger partial charge in [-0.3, -0.25) is 9.59 Å². The molecular weight excluding hydrogens is 268 g/mol. The van der Waals surface area contributed by atoms with Gasteiger partial charge in [-0.25, -0.2) is 0 Å². The van der Waals surface area contributed by atoms with Crippen molar-refractivity contribution >= 4 is 11.8 Å². The van der Waals surface area contributed by atoms with Crippen LogP contribution in [0.4, 0.5) is 0 Å². The number of piperidine rings is 1. The molecule has 2 N–H and O–H groups in total. The smallest absolute Gasteiger partial charge is 0.225 e. The van der Waals surface area contributed by atoms with E-state index in [-0.39, 0.29) is 36.3 Å². The zero-order chi connectivity index (χ0) is 14.8. The van der Waals surface area contributed by atoms with Crippen molar-refractivity contribution in [3.05, 3.63) is 0 Å². The fraction of sp³-hybridized carbons (Fsp3) is 0.875. The van der Waals surface area contributed by atoms with Crippen molar-refractivity contribution in [2.24, 2.45) is 17.8 Å². The number of nitrogens with zero attached hydrogens (tertiary/aromatic N) is 1. The molecule has 21 heavy (non-hydrogen) atoms. The fourth-order valence-electron chi connectivity index (χ4n) is 3.34. The molecule has 3 fully saturated rings. The molecule has 2 atom stereocenters. The Morgan fingerprint density at radius 2 is 1.90 bits per heavy atom. The summed E-state index contributed by atoms with van der Waals surface area (Å²) in [5.41, 5.74) is 0. The van der Waals surface area contributed by atoms with Crippen LogP contribution in [0.3, 0.4) is 0 Å². The van der Waals surface area contributed by atoms with Gasteiger partial charge in [0.2, 0.25) is 11.8 Å². The number of carbonyl (C=O) groups excluding carboxylic acids is 2. The second kappa shape index (κ2) is 6.34. The molecule has 0 radical (unpaired) electrons. The van der Waals surface area contributed by atoms with Crippen LogP contribution in [0.15, 0.2) is 0 Å². The van der Waals surface area contributed by atoms with Gasteiger partial charge in [-0.05, 0) is 50.9 Å². The maximum absolute atomic E-state index is 12.4. The molecule has 3 rings (SSSR count). The lowest BCUT2D eigenvalue weighted by molar-refractivity contribution is -0.137. The first kappa shape index (κ1) is 14.8. The molecule has 0 aromatic carbocycles. The SMILES string of the molecule is O=C(NC(CCO)C1CC1)C1CCCN(C(=O)C2CC2)C1. The standard InChI is InChI=1S/C16H26N2O3/c19-9-7-14(11-3-4-11)17-15(20)13-2-1-8-18(10-13)16(21)12-5-6-12/h11-14,19H,1-10H2,(H,17,20). The molecule has 1 heterocycles. The van der Waals surface area contributed by atoms with Crippen molar-refractivity contribution in [1.82, 2.24) is 10.2 Å². The molecule has 5 heteroatoms. The van der Waals surface area contributed by atoms with Crippen LogP contribution in [0.5, 0.6) is 0 Å². The van der Waals surface area contributed by atoms with E-state index >= 15 is 0 Å². The summed E-state index contributed by atoms with van der Waals surface area (Å²) in [5.74, 6) is 1.05. The summed E-state index contributed by atoms with van der Waals surface area (Å²) < 4.78 is 0. The number of aliphatic hydroxyl groups excluding tert-OH is 1. The highest BCUT2D eigenvalue weighted by Crippen LogP contribution is 2.35. The molecule has 2 saturated carbocycles. The van der Waals surface area contributed by atoms with Crippen molar-refractivity contribution in [3.8, 4) is 0 Å². The Labute approximate surface area is 126 Å². The van der Waals surface area contributed by atoms with Crippen molar-refractivity contribution in [2.75, 3.05) is 19.7 Å². The van der Waals surface area contributed by atoms with Crippen LogP contribution >= 0.6 is 0 Å². The first-order valence-corrected chi connectivity index (χ1v) is 8.39. The fourth-order valence-corrected chi connectivity index (χ4v) is 3.34. The number of carbonyl (C=O) groups is 2. The van der Waals surface area contributed by atoms with E-state index < -0.39 is 0 Å². The minimum atomic E-state index is -0.0682. The zero-order valence-electron chi connectivity index (χ0n) is 12.6. The normalized spacial score (nSPS) is 27.3. The molecule has 2 amide bonds. The minimum Gasteiger partial charge on any atom is -0.396 e. The minimum absolute atomic E-state index is 0.0682. The quantitative estimate of drug-likeness (QED) is 0.765. The van der Waals surface area contributed by atoms with Gasteiger partial charge in [-0.1, -0.05) is 0 Å². The van der Waals surface area contributed by atoms with Gasteiger partial charge in [0.05, 0.1) is 5.92 Å². The van der Waals surface area contributed by atoms with Crippen LogP contribution in [-0.2, 0) is 9.59 Å². The summed E-state index contributed by atoms with van der Waals surface area (Å²) in [5, 5.41) is 12.2. The van der Waals surface area contributed by atoms with Crippen LogP contribution < -0.4 is 5.32 Å². The zero-order valence-corrected chi connectivity index (χ0v) is 12.6. The van der Waals surface area contributed by atoms with Crippen molar-refractivity contribution in [2.45, 2.75) is 51.0 Å². The van der Waals surface area contributed by atoms with Gasteiger partial charge < -0.3 is 15.3 Å². The van der Waals surface area contributed by atoms with Gasteiger partial charge in [0.1, 0.15) is 0 Å². The summed E-state index contributed by atoms with van der Waals surface area (Å²) >= 11 is 0. The molecule has 2 aliphatic carbocycles. The summed E-state index contributed by atoms with van der Waals surface area (Å²) in [6.07, 6.45) is 6.79. The molecule has 0 bridgehead atoms. The molecule has 0 spiro atoms. The number of rotatable bonds is 6. The third-order valence-electron chi connectivity index (χ3n) is 4.99. The molecule has 1 saturated heterocycles. The summed E-state index contributed by atoms with van der Waals surface area (Å²) in [6, 6.07) is 0.122. The van der Waals surface area contributed by atoms with Gasteiger partial charge in [-0.2, -0.15) is 0 Å². The Balaban J connectivity index is 1.52. The van der Waals surface area contributed by atoms with Crippen LogP contribution in [0.25, 0.3) is 0 Å². The average molecular weight is 294 g/mol. The van der Waals surface area contributed by atoms with Gasteiger partial charge >= 0.3 is 0 Å². The number of amides is 2. The molecule has 5 nitrogen and oxygen atoms in total. The van der Waals surface area contributed by atoms with E-state index in [0.717, 1.165) is 45.1 Å². The van der Waals surface area contributed by atoms with Gasteiger partial charge in [0.25, 0.3) is 0 Å². The van der Waals surface area contributed by atoms with Crippen molar-refractivity contribution < 1.29 is 14.7 Å². The first-order valence-electron chi connectivity index (χ1n) is 8.39. The summed E-state index contributed by atoms with van der Waals surface area (Å²) in [4.78, 5) is 26.5. The van der Waals surface area contributed by atoms with E-state index in [1.165, 1.54) is 0 Å². The lowest BCUT2D eigenvalue weighted by atomic mass is 9.95. The van der Waals surface area contributed by atoms with E-state index in [2.05, 4.69) is 5.32 Å². The second-order valence-electron chi connectivity index (χ2n) is 6.86. The van der Waals surface area contributed by atoms with Crippen LogP contribution in [0, 0.1) is 17.8 Å². The lowest BCUT2D eigenvalue weighted by Gasteiger charge is -2.33. The molecule has 3 aliphatic rings. The van der Waals surface area contributed by atoms with Crippen molar-refractivity contribution in [1.29, 1.82) is 0 Å². The van der Waals surface area contributed by atoms with Crippen LogP contribution in [0.1, 0.15) is 44.9 Å². The molecule has 2 unspecified atom stereocenters. The van der Waals surface area contributed by atoms with E-state index in [0.29, 0.717) is 18.9 Å². The van der Waals surface area contributed by atoms with Gasteiger partial charge in [0, 0.05) is 31.7 Å². The van der Waals surface area contributed by atoms with E-state index in [9.17, 15) is 9.59 Å². The van der Waals surface area contributed by atoms with Gasteiger partial charge in [0.15, 0.2) is 0 Å². The second-order valence-corrected chi connectivity index (χ2v) is 6.86. The highest BCUT2D eigenvalue weighted by molar-refractivity contribution is 5.83. The van der Waals surface area contributed by atoms with Crippen molar-refractivity contribution in [3.63, 3.8) is 0 Å². The maximum Gasteiger partial charge on any atom is 0.225 e. The number of nitrogens with one attached hydrogen (secondary N) is 1. The molecule has 1 aliphatic heterocycles. The number of hydrogen-bond acceptors (Lipinski definition) is 3. The third-order valence-corrected chi connectivity index (χ3v) is 4.99. The maximum atomic E-state index is 12.4. The summed E-state index contributed by atoms with van der Waals surface area (Å²) in [7, 11) is 0. The Kier molecular flexibility index (Phi) is 4.48. The Morgan fingerprint density at radius 3 is 2.52 bits per heavy atom. The number of likely N-dealkylation sites (tertiary alicyclic amines) is 1. The third kappa shape index (κ3) is 3.76. The summed E-state index contributed by atoms with van der Waals surface area (Å²) in [6.45, 7) is 1.51. The van der Waals surface area contributed by atoms with E-state index in [1.54, 1.807) is 0 Å². The Hall–Kier alpha value is -1.10. The average Bonchev–Trinajstić information content (AvgIpc) is 3.39. The Morgan fingerprint density at radius 1 is 1.14 bits per heavy atom. The molecule has 0 aromatic rings. The number of aliphatic hydroxyl groups is 1. The highest BCUT2D eigenvalue weighted by Gasteiger charge is 2.38. The highest BCUT2D eigenvalue weighted by atomic mass is 16.3. The monoisotopic (exact) mass is 294 g/mol. The van der Waals surface area contributed by atoms with Crippen LogP contribution in [-0.4, -0.2) is 47.6 Å². The molecule has 0 aromatic heterocycles. The molecule has 118 valence electrons. The van der Waals surface area contributed by atoms with E-state index in [1.807, 2.05) is 4.90 Å². The van der Waals surface area contributed by atoms with E-state index in [4.69, 9.17) is 5.11 Å².